The van der Waals surface area contributed by atoms with E-state index in [-0.39, 0.29) is 23.9 Å². The minimum Gasteiger partial charge on any atom is -0.369 e. The van der Waals surface area contributed by atoms with Crippen molar-refractivity contribution in [2.75, 3.05) is 20.2 Å². The fraction of sp³-hybridized carbons (Fsp3) is 0.429. The average molecular weight is 380 g/mol. The monoisotopic (exact) mass is 380 g/mol. The highest BCUT2D eigenvalue weighted by Crippen LogP contribution is 2.40. The molecule has 2 aliphatic rings. The Morgan fingerprint density at radius 3 is 2.43 bits per heavy atom. The Hall–Kier alpha value is -2.80. The van der Waals surface area contributed by atoms with E-state index in [2.05, 4.69) is 9.97 Å². The van der Waals surface area contributed by atoms with Gasteiger partial charge in [0.2, 0.25) is 0 Å². The lowest BCUT2D eigenvalue weighted by Gasteiger charge is -2.52. The number of nitrogens with zero attached hydrogens (tertiary/aromatic N) is 4. The minimum atomic E-state index is -0.444. The predicted molar refractivity (Wildman–Crippen MR) is 103 cm³/mol. The van der Waals surface area contributed by atoms with Crippen LogP contribution < -0.4 is 0 Å². The summed E-state index contributed by atoms with van der Waals surface area (Å²) in [4.78, 5) is 37.4. The van der Waals surface area contributed by atoms with Crippen LogP contribution in [0, 0.1) is 6.92 Å². The van der Waals surface area contributed by atoms with Crippen molar-refractivity contribution in [2.45, 2.75) is 38.0 Å². The van der Waals surface area contributed by atoms with Gasteiger partial charge in [-0.15, -0.1) is 0 Å². The van der Waals surface area contributed by atoms with E-state index >= 15 is 0 Å². The van der Waals surface area contributed by atoms with E-state index in [1.807, 2.05) is 34.9 Å². The Morgan fingerprint density at radius 2 is 1.79 bits per heavy atom. The number of β-lactam (4-membered cyclic amide) rings is 1. The molecule has 2 aliphatic heterocycles. The predicted octanol–water partition coefficient (Wildman–Crippen LogP) is 1.99. The first-order valence-corrected chi connectivity index (χ1v) is 9.56. The Bertz CT molecular complexity index is 865. The number of amides is 2. The molecule has 7 heteroatoms. The van der Waals surface area contributed by atoms with Crippen LogP contribution >= 0.6 is 0 Å². The van der Waals surface area contributed by atoms with Crippen LogP contribution in [0.15, 0.2) is 43.0 Å². The number of methoxy groups -OCH3 is 1. The quantitative estimate of drug-likeness (QED) is 0.759. The van der Waals surface area contributed by atoms with E-state index in [4.69, 9.17) is 4.74 Å². The van der Waals surface area contributed by atoms with Crippen molar-refractivity contribution in [3.8, 4) is 0 Å². The van der Waals surface area contributed by atoms with Gasteiger partial charge in [-0.05, 0) is 49.1 Å². The van der Waals surface area contributed by atoms with Gasteiger partial charge < -0.3 is 14.5 Å². The van der Waals surface area contributed by atoms with Crippen molar-refractivity contribution in [3.63, 3.8) is 0 Å². The maximum Gasteiger partial charge on any atom is 0.255 e. The molecule has 0 unspecified atom stereocenters. The summed E-state index contributed by atoms with van der Waals surface area (Å²) >= 11 is 0. The number of aryl methyl sites for hydroxylation is 1. The normalized spacial score (nSPS) is 22.9. The molecule has 28 heavy (non-hydrogen) atoms. The first kappa shape index (κ1) is 18.6. The summed E-state index contributed by atoms with van der Waals surface area (Å²) in [5, 5.41) is 0. The fourth-order valence-electron chi connectivity index (χ4n) is 4.22. The summed E-state index contributed by atoms with van der Waals surface area (Å²) in [5.74, 6) is 0.0385. The molecule has 2 atom stereocenters. The fourth-order valence-corrected chi connectivity index (χ4v) is 4.22. The summed E-state index contributed by atoms with van der Waals surface area (Å²) in [7, 11) is 1.57. The van der Waals surface area contributed by atoms with E-state index in [0.29, 0.717) is 18.7 Å². The van der Waals surface area contributed by atoms with Crippen molar-refractivity contribution in [1.29, 1.82) is 0 Å². The molecule has 0 N–H and O–H groups in total. The van der Waals surface area contributed by atoms with Gasteiger partial charge in [0, 0.05) is 51.0 Å². The molecule has 2 saturated heterocycles. The highest BCUT2D eigenvalue weighted by atomic mass is 16.5. The molecule has 2 aromatic rings. The van der Waals surface area contributed by atoms with Crippen LogP contribution in [-0.2, 0) is 9.53 Å². The van der Waals surface area contributed by atoms with E-state index in [0.717, 1.165) is 24.0 Å². The Balaban J connectivity index is 1.45. The highest BCUT2D eigenvalue weighted by molar-refractivity contribution is 5.95. The van der Waals surface area contributed by atoms with Crippen LogP contribution in [0.25, 0.3) is 0 Å². The van der Waals surface area contributed by atoms with Crippen molar-refractivity contribution in [3.05, 3.63) is 59.7 Å². The maximum absolute atomic E-state index is 12.8. The molecule has 0 saturated carbocycles. The number of likely N-dealkylation sites (tertiary alicyclic amines) is 2. The third kappa shape index (κ3) is 3.16. The van der Waals surface area contributed by atoms with Gasteiger partial charge in [-0.1, -0.05) is 0 Å². The van der Waals surface area contributed by atoms with Gasteiger partial charge in [0.15, 0.2) is 6.10 Å². The van der Waals surface area contributed by atoms with Gasteiger partial charge in [0.25, 0.3) is 11.8 Å². The third-order valence-electron chi connectivity index (χ3n) is 5.80. The lowest BCUT2D eigenvalue weighted by Crippen LogP contribution is -2.64. The van der Waals surface area contributed by atoms with Gasteiger partial charge in [-0.2, -0.15) is 0 Å². The molecular weight excluding hydrogens is 356 g/mol. The molecule has 2 aromatic heterocycles. The van der Waals surface area contributed by atoms with Crippen LogP contribution in [0.2, 0.25) is 0 Å². The first-order chi connectivity index (χ1) is 13.6. The SMILES string of the molecule is CO[C@H]1C(=O)N(C2CCN(C(=O)c3cnccc3C)CC2)[C@H]1c1ccncc1. The largest absolute Gasteiger partial charge is 0.369 e. The molecule has 2 fully saturated rings. The number of aromatic nitrogens is 2. The molecule has 0 spiro atoms. The maximum atomic E-state index is 12.8. The second-order valence-electron chi connectivity index (χ2n) is 7.34. The lowest BCUT2D eigenvalue weighted by atomic mass is 9.86. The van der Waals surface area contributed by atoms with Crippen LogP contribution in [0.4, 0.5) is 0 Å². The Kier molecular flexibility index (Phi) is 5.09. The number of piperidine rings is 1. The number of ether oxygens (including phenoxy) is 1. The van der Waals surface area contributed by atoms with Gasteiger partial charge in [0.05, 0.1) is 11.6 Å². The van der Waals surface area contributed by atoms with Crippen LogP contribution in [0.1, 0.15) is 40.4 Å². The number of hydrogen-bond acceptors (Lipinski definition) is 5. The Morgan fingerprint density at radius 1 is 1.11 bits per heavy atom. The van der Waals surface area contributed by atoms with E-state index in [1.165, 1.54) is 0 Å². The number of rotatable bonds is 4. The first-order valence-electron chi connectivity index (χ1n) is 9.56. The number of hydrogen-bond donors (Lipinski definition) is 0. The number of carbonyl (C=O) groups excluding carboxylic acids is 2. The van der Waals surface area contributed by atoms with Crippen molar-refractivity contribution >= 4 is 11.8 Å². The van der Waals surface area contributed by atoms with Crippen LogP contribution in [0.5, 0.6) is 0 Å². The topological polar surface area (TPSA) is 75.6 Å². The second kappa shape index (κ2) is 7.67. The zero-order chi connectivity index (χ0) is 19.7. The van der Waals surface area contributed by atoms with Gasteiger partial charge in [0.1, 0.15) is 0 Å². The van der Waals surface area contributed by atoms with Gasteiger partial charge >= 0.3 is 0 Å². The number of carbonyl (C=O) groups is 2. The zero-order valence-corrected chi connectivity index (χ0v) is 16.1. The molecule has 0 bridgehead atoms. The van der Waals surface area contributed by atoms with E-state index in [9.17, 15) is 9.59 Å². The average Bonchev–Trinajstić information content (AvgIpc) is 2.73. The molecule has 0 aliphatic carbocycles. The number of pyridine rings is 2. The van der Waals surface area contributed by atoms with Crippen molar-refractivity contribution in [2.24, 2.45) is 0 Å². The standard InChI is InChI=1S/C21H24N4O3/c1-14-3-8-23-13-17(14)20(26)24-11-6-16(7-12-24)25-18(19(28-2)21(25)27)15-4-9-22-10-5-15/h3-5,8-10,13,16,18-19H,6-7,11-12H2,1-2H3/t18-,19+/m0/s1. The molecule has 0 aromatic carbocycles. The van der Waals surface area contributed by atoms with Crippen LogP contribution in [0.3, 0.4) is 0 Å². The van der Waals surface area contributed by atoms with E-state index < -0.39 is 6.10 Å². The third-order valence-corrected chi connectivity index (χ3v) is 5.80. The lowest BCUT2D eigenvalue weighted by molar-refractivity contribution is -0.178. The molecule has 0 radical (unpaired) electrons. The Labute approximate surface area is 164 Å². The molecule has 7 nitrogen and oxygen atoms in total. The second-order valence-corrected chi connectivity index (χ2v) is 7.34. The summed E-state index contributed by atoms with van der Waals surface area (Å²) in [6.07, 6.45) is 7.87. The van der Waals surface area contributed by atoms with Crippen molar-refractivity contribution in [1.82, 2.24) is 19.8 Å². The van der Waals surface area contributed by atoms with E-state index in [1.54, 1.807) is 31.9 Å². The summed E-state index contributed by atoms with van der Waals surface area (Å²) in [5.41, 5.74) is 2.61. The van der Waals surface area contributed by atoms with Crippen LogP contribution in [-0.4, -0.2) is 63.9 Å². The molecule has 146 valence electrons. The molecule has 4 heterocycles. The summed E-state index contributed by atoms with van der Waals surface area (Å²) < 4.78 is 5.43. The molecule has 2 amide bonds. The summed E-state index contributed by atoms with van der Waals surface area (Å²) in [6, 6.07) is 5.73. The highest BCUT2D eigenvalue weighted by Gasteiger charge is 2.51. The molecular formula is C21H24N4O3. The van der Waals surface area contributed by atoms with Crippen molar-refractivity contribution < 1.29 is 14.3 Å². The zero-order valence-electron chi connectivity index (χ0n) is 16.1. The van der Waals surface area contributed by atoms with Gasteiger partial charge in [-0.3, -0.25) is 19.6 Å². The van der Waals surface area contributed by atoms with Gasteiger partial charge in [-0.25, -0.2) is 0 Å². The summed E-state index contributed by atoms with van der Waals surface area (Å²) in [6.45, 7) is 3.18. The minimum absolute atomic E-state index is 0.0134. The molecule has 4 rings (SSSR count). The smallest absolute Gasteiger partial charge is 0.255 e.